The number of rotatable bonds is 4. The van der Waals surface area contributed by atoms with Gasteiger partial charge >= 0.3 is 0 Å². The molecule has 2 aliphatic rings. The molecule has 25 heavy (non-hydrogen) atoms. The molecule has 0 bridgehead atoms. The van der Waals surface area contributed by atoms with E-state index >= 15 is 0 Å². The van der Waals surface area contributed by atoms with Crippen molar-refractivity contribution in [3.63, 3.8) is 0 Å². The van der Waals surface area contributed by atoms with Crippen molar-refractivity contribution in [2.24, 2.45) is 7.05 Å². The number of piperidine rings is 1. The van der Waals surface area contributed by atoms with Crippen molar-refractivity contribution < 1.29 is 13.2 Å². The number of fused-ring (bicyclic) bond motifs is 1. The Labute approximate surface area is 149 Å². The molecule has 136 valence electrons. The van der Waals surface area contributed by atoms with Crippen LogP contribution in [0.15, 0.2) is 30.5 Å². The third-order valence-corrected chi connectivity index (χ3v) is 7.34. The van der Waals surface area contributed by atoms with Gasteiger partial charge in [-0.1, -0.05) is 6.07 Å². The first kappa shape index (κ1) is 16.9. The van der Waals surface area contributed by atoms with Gasteiger partial charge in [0.15, 0.2) is 0 Å². The molecule has 3 heterocycles. The van der Waals surface area contributed by atoms with Crippen molar-refractivity contribution in [2.75, 3.05) is 26.2 Å². The highest BCUT2D eigenvalue weighted by atomic mass is 32.2. The number of hydrogen-bond donors (Lipinski definition) is 0. The molecule has 2 aromatic rings. The molecule has 0 N–H and O–H groups in total. The lowest BCUT2D eigenvalue weighted by molar-refractivity contribution is 0.134. The quantitative estimate of drug-likeness (QED) is 0.838. The van der Waals surface area contributed by atoms with Gasteiger partial charge in [0.05, 0.1) is 5.52 Å². The molecule has 1 aromatic heterocycles. The van der Waals surface area contributed by atoms with Gasteiger partial charge in [0.1, 0.15) is 11.9 Å². The number of aryl methyl sites for hydroxylation is 1. The fourth-order valence-electron chi connectivity index (χ4n) is 3.82. The highest BCUT2D eigenvalue weighted by Crippen LogP contribution is 2.29. The molecule has 0 amide bonds. The topological polar surface area (TPSA) is 54.8 Å². The maximum atomic E-state index is 12.6. The predicted molar refractivity (Wildman–Crippen MR) is 97.9 cm³/mol. The molecular formula is C18H25N3O3S. The maximum absolute atomic E-state index is 12.6. The van der Waals surface area contributed by atoms with Crippen LogP contribution in [0.4, 0.5) is 0 Å². The van der Waals surface area contributed by atoms with Gasteiger partial charge in [0, 0.05) is 44.8 Å². The summed E-state index contributed by atoms with van der Waals surface area (Å²) in [5.74, 6) is 0.888. The molecular weight excluding hydrogens is 338 g/mol. The number of aromatic nitrogens is 1. The second-order valence-electron chi connectivity index (χ2n) is 6.95. The summed E-state index contributed by atoms with van der Waals surface area (Å²) in [5, 5.41) is 1.11. The zero-order chi connectivity index (χ0) is 17.4. The minimum Gasteiger partial charge on any atom is -0.490 e. The van der Waals surface area contributed by atoms with Crippen LogP contribution in [0.5, 0.6) is 5.75 Å². The van der Waals surface area contributed by atoms with Crippen LogP contribution in [0.2, 0.25) is 0 Å². The lowest BCUT2D eigenvalue weighted by Gasteiger charge is -2.33. The zero-order valence-corrected chi connectivity index (χ0v) is 15.4. The van der Waals surface area contributed by atoms with Crippen molar-refractivity contribution >= 4 is 21.1 Å². The number of benzene rings is 1. The Bertz CT molecular complexity index is 848. The van der Waals surface area contributed by atoms with Crippen LogP contribution in [-0.4, -0.2) is 53.9 Å². The molecule has 2 fully saturated rings. The molecule has 0 spiro atoms. The van der Waals surface area contributed by atoms with Crippen LogP contribution >= 0.6 is 0 Å². The average Bonchev–Trinajstić information content (AvgIpc) is 3.27. The largest absolute Gasteiger partial charge is 0.490 e. The lowest BCUT2D eigenvalue weighted by atomic mass is 10.1. The Balaban J connectivity index is 1.42. The van der Waals surface area contributed by atoms with E-state index in [0.717, 1.165) is 42.3 Å². The summed E-state index contributed by atoms with van der Waals surface area (Å²) >= 11 is 0. The first-order valence-corrected chi connectivity index (χ1v) is 10.4. The van der Waals surface area contributed by atoms with Gasteiger partial charge in [0.2, 0.25) is 0 Å². The van der Waals surface area contributed by atoms with E-state index in [1.54, 1.807) is 8.61 Å². The summed E-state index contributed by atoms with van der Waals surface area (Å²) in [6.45, 7) is 2.39. The van der Waals surface area contributed by atoms with Crippen molar-refractivity contribution in [1.82, 2.24) is 13.2 Å². The summed E-state index contributed by atoms with van der Waals surface area (Å²) in [4.78, 5) is 0. The van der Waals surface area contributed by atoms with Gasteiger partial charge in [-0.15, -0.1) is 0 Å². The smallest absolute Gasteiger partial charge is 0.281 e. The maximum Gasteiger partial charge on any atom is 0.281 e. The molecule has 1 aromatic carbocycles. The van der Waals surface area contributed by atoms with Crippen molar-refractivity contribution in [3.05, 3.63) is 30.5 Å². The predicted octanol–water partition coefficient (Wildman–Crippen LogP) is 2.36. The molecule has 0 radical (unpaired) electrons. The first-order valence-electron chi connectivity index (χ1n) is 9.01. The molecule has 2 saturated heterocycles. The Morgan fingerprint density at radius 3 is 2.40 bits per heavy atom. The Kier molecular flexibility index (Phi) is 4.47. The molecule has 0 atom stereocenters. The molecule has 4 rings (SSSR count). The molecule has 0 unspecified atom stereocenters. The summed E-state index contributed by atoms with van der Waals surface area (Å²) < 4.78 is 36.8. The highest BCUT2D eigenvalue weighted by Gasteiger charge is 2.34. The minimum atomic E-state index is -3.28. The average molecular weight is 363 g/mol. The van der Waals surface area contributed by atoms with Crippen LogP contribution in [0.1, 0.15) is 25.7 Å². The van der Waals surface area contributed by atoms with Gasteiger partial charge in [0.25, 0.3) is 10.2 Å². The Hall–Kier alpha value is -1.57. The van der Waals surface area contributed by atoms with Gasteiger partial charge < -0.3 is 9.30 Å². The molecule has 6 nitrogen and oxygen atoms in total. The molecule has 2 aliphatic heterocycles. The van der Waals surface area contributed by atoms with E-state index in [4.69, 9.17) is 4.74 Å². The summed E-state index contributed by atoms with van der Waals surface area (Å²) in [7, 11) is -1.26. The third-order valence-electron chi connectivity index (χ3n) is 5.30. The normalized spacial score (nSPS) is 21.2. The molecule has 0 saturated carbocycles. The number of hydrogen-bond acceptors (Lipinski definition) is 3. The van der Waals surface area contributed by atoms with E-state index in [0.29, 0.717) is 26.2 Å². The summed E-state index contributed by atoms with van der Waals surface area (Å²) in [6.07, 6.45) is 5.51. The first-order chi connectivity index (χ1) is 12.1. The minimum absolute atomic E-state index is 0.0656. The highest BCUT2D eigenvalue weighted by molar-refractivity contribution is 7.86. The van der Waals surface area contributed by atoms with Gasteiger partial charge in [-0.05, 0) is 43.9 Å². The van der Waals surface area contributed by atoms with Crippen molar-refractivity contribution in [2.45, 2.75) is 31.8 Å². The molecule has 0 aliphatic carbocycles. The van der Waals surface area contributed by atoms with E-state index in [1.165, 1.54) is 0 Å². The van der Waals surface area contributed by atoms with Gasteiger partial charge in [-0.25, -0.2) is 0 Å². The van der Waals surface area contributed by atoms with E-state index in [-0.39, 0.29) is 6.10 Å². The second kappa shape index (κ2) is 6.63. The van der Waals surface area contributed by atoms with Crippen molar-refractivity contribution in [1.29, 1.82) is 0 Å². The fraction of sp³-hybridized carbons (Fsp3) is 0.556. The summed E-state index contributed by atoms with van der Waals surface area (Å²) in [6, 6.07) is 8.14. The fourth-order valence-corrected chi connectivity index (χ4v) is 5.54. The lowest BCUT2D eigenvalue weighted by Crippen LogP contribution is -2.47. The SMILES string of the molecule is Cn1ccc2c(OC3CCN(S(=O)(=O)N4CCCC4)CC3)cccc21. The van der Waals surface area contributed by atoms with Crippen LogP contribution in [-0.2, 0) is 17.3 Å². The number of nitrogens with zero attached hydrogens (tertiary/aromatic N) is 3. The Morgan fingerprint density at radius 2 is 1.68 bits per heavy atom. The van der Waals surface area contributed by atoms with Crippen LogP contribution < -0.4 is 4.74 Å². The van der Waals surface area contributed by atoms with E-state index < -0.39 is 10.2 Å². The van der Waals surface area contributed by atoms with E-state index in [1.807, 2.05) is 25.4 Å². The van der Waals surface area contributed by atoms with Crippen LogP contribution in [0, 0.1) is 0 Å². The molecule has 7 heteroatoms. The second-order valence-corrected chi connectivity index (χ2v) is 8.87. The monoisotopic (exact) mass is 363 g/mol. The van der Waals surface area contributed by atoms with Crippen LogP contribution in [0.3, 0.4) is 0 Å². The van der Waals surface area contributed by atoms with E-state index in [2.05, 4.69) is 16.7 Å². The van der Waals surface area contributed by atoms with Crippen molar-refractivity contribution in [3.8, 4) is 5.75 Å². The third kappa shape index (κ3) is 3.16. The standard InChI is InChI=1S/C18H25N3O3S/c1-19-12-9-16-17(19)5-4-6-18(16)24-15-7-13-21(14-8-15)25(22,23)20-10-2-3-11-20/h4-6,9,12,15H,2-3,7-8,10-11,13-14H2,1H3. The number of ether oxygens (including phenoxy) is 1. The summed E-state index contributed by atoms with van der Waals surface area (Å²) in [5.41, 5.74) is 1.14. The van der Waals surface area contributed by atoms with E-state index in [9.17, 15) is 8.42 Å². The Morgan fingerprint density at radius 1 is 1.00 bits per heavy atom. The zero-order valence-electron chi connectivity index (χ0n) is 14.6. The van der Waals surface area contributed by atoms with Crippen LogP contribution in [0.25, 0.3) is 10.9 Å². The van der Waals surface area contributed by atoms with Gasteiger partial charge in [-0.2, -0.15) is 17.0 Å². The van der Waals surface area contributed by atoms with Gasteiger partial charge in [-0.3, -0.25) is 0 Å².